The molecule has 3 rings (SSSR count). The highest BCUT2D eigenvalue weighted by Gasteiger charge is 2.14. The number of amides is 1. The molecule has 1 N–H and O–H groups in total. The number of nitrogens with one attached hydrogen (secondary N) is 1. The molecule has 0 bridgehead atoms. The Morgan fingerprint density at radius 2 is 1.79 bits per heavy atom. The van der Waals surface area contributed by atoms with Gasteiger partial charge < -0.3 is 14.8 Å². The predicted octanol–water partition coefficient (Wildman–Crippen LogP) is 4.88. The first-order chi connectivity index (χ1) is 14.1. The van der Waals surface area contributed by atoms with Crippen molar-refractivity contribution in [1.29, 1.82) is 0 Å². The monoisotopic (exact) mass is 408 g/mol. The number of rotatable bonds is 8. The van der Waals surface area contributed by atoms with Crippen molar-refractivity contribution in [3.05, 3.63) is 83.7 Å². The summed E-state index contributed by atoms with van der Waals surface area (Å²) in [5, 5.41) is 3.03. The lowest BCUT2D eigenvalue weighted by Gasteiger charge is -2.17. The van der Waals surface area contributed by atoms with Gasteiger partial charge in [0.1, 0.15) is 6.61 Å². The van der Waals surface area contributed by atoms with Crippen LogP contribution in [0.3, 0.4) is 0 Å². The number of carbonyl (C=O) groups excluding carboxylic acids is 1. The molecule has 1 atom stereocenters. The van der Waals surface area contributed by atoms with Crippen molar-refractivity contribution >= 4 is 17.7 Å². The second kappa shape index (κ2) is 9.98. The third kappa shape index (κ3) is 5.51. The number of ether oxygens (including phenoxy) is 2. The van der Waals surface area contributed by atoms with Gasteiger partial charge in [0, 0.05) is 22.9 Å². The van der Waals surface area contributed by atoms with Crippen LogP contribution >= 0.6 is 11.8 Å². The highest BCUT2D eigenvalue weighted by Crippen LogP contribution is 2.31. The smallest absolute Gasteiger partial charge is 0.251 e. The molecule has 0 spiro atoms. The van der Waals surface area contributed by atoms with Gasteiger partial charge in [0.25, 0.3) is 5.91 Å². The standard InChI is InChI=1S/C23H24N2O3S/c1-16(25-23(26)18-4-7-20(29-3)8-5-18)19-6-9-21(22(14-19)27-2)28-15-17-10-12-24-13-11-17/h4-14,16H,15H2,1-3H3,(H,25,26). The summed E-state index contributed by atoms with van der Waals surface area (Å²) in [6.07, 6.45) is 5.48. The summed E-state index contributed by atoms with van der Waals surface area (Å²) < 4.78 is 11.4. The molecule has 0 aliphatic carbocycles. The summed E-state index contributed by atoms with van der Waals surface area (Å²) in [7, 11) is 1.61. The molecule has 2 aromatic carbocycles. The van der Waals surface area contributed by atoms with E-state index < -0.39 is 0 Å². The van der Waals surface area contributed by atoms with Crippen LogP contribution in [0.15, 0.2) is 71.9 Å². The normalized spacial score (nSPS) is 11.6. The molecule has 0 saturated carbocycles. The van der Waals surface area contributed by atoms with Crippen molar-refractivity contribution in [3.8, 4) is 11.5 Å². The maximum absolute atomic E-state index is 12.5. The maximum atomic E-state index is 12.5. The Kier molecular flexibility index (Phi) is 7.14. The van der Waals surface area contributed by atoms with Crippen molar-refractivity contribution in [1.82, 2.24) is 10.3 Å². The topological polar surface area (TPSA) is 60.5 Å². The zero-order chi connectivity index (χ0) is 20.6. The van der Waals surface area contributed by atoms with E-state index in [0.29, 0.717) is 23.7 Å². The van der Waals surface area contributed by atoms with E-state index in [1.807, 2.05) is 67.8 Å². The van der Waals surface area contributed by atoms with Gasteiger partial charge in [-0.2, -0.15) is 0 Å². The Balaban J connectivity index is 1.66. The zero-order valence-corrected chi connectivity index (χ0v) is 17.5. The Bertz CT molecular complexity index is 946. The number of nitrogens with zero attached hydrogens (tertiary/aromatic N) is 1. The predicted molar refractivity (Wildman–Crippen MR) is 116 cm³/mol. The first-order valence-electron chi connectivity index (χ1n) is 9.25. The lowest BCUT2D eigenvalue weighted by atomic mass is 10.1. The molecule has 6 heteroatoms. The minimum absolute atomic E-state index is 0.109. The van der Waals surface area contributed by atoms with Crippen molar-refractivity contribution < 1.29 is 14.3 Å². The van der Waals surface area contributed by atoms with Gasteiger partial charge in [0.15, 0.2) is 11.5 Å². The summed E-state index contributed by atoms with van der Waals surface area (Å²) in [5.74, 6) is 1.17. The van der Waals surface area contributed by atoms with E-state index in [9.17, 15) is 4.79 Å². The molecular weight excluding hydrogens is 384 g/mol. The van der Waals surface area contributed by atoms with Crippen molar-refractivity contribution in [2.45, 2.75) is 24.5 Å². The van der Waals surface area contributed by atoms with Gasteiger partial charge in [0.2, 0.25) is 0 Å². The fourth-order valence-corrected chi connectivity index (χ4v) is 3.23. The number of thioether (sulfide) groups is 1. The fourth-order valence-electron chi connectivity index (χ4n) is 2.82. The van der Waals surface area contributed by atoms with Gasteiger partial charge in [-0.15, -0.1) is 11.8 Å². The molecule has 1 heterocycles. The van der Waals surface area contributed by atoms with Crippen LogP contribution in [0.25, 0.3) is 0 Å². The number of pyridine rings is 1. The molecule has 1 amide bonds. The molecule has 0 aliphatic rings. The summed E-state index contributed by atoms with van der Waals surface area (Å²) in [5.41, 5.74) is 2.60. The third-order valence-electron chi connectivity index (χ3n) is 4.53. The Labute approximate surface area is 175 Å². The molecule has 150 valence electrons. The molecular formula is C23H24N2O3S. The Hall–Kier alpha value is -2.99. The highest BCUT2D eigenvalue weighted by atomic mass is 32.2. The Morgan fingerprint density at radius 3 is 2.45 bits per heavy atom. The van der Waals surface area contributed by atoms with Crippen molar-refractivity contribution in [3.63, 3.8) is 0 Å². The van der Waals surface area contributed by atoms with Crippen LogP contribution in [-0.2, 0) is 6.61 Å². The largest absolute Gasteiger partial charge is 0.493 e. The van der Waals surface area contributed by atoms with Crippen LogP contribution in [0.1, 0.15) is 34.5 Å². The van der Waals surface area contributed by atoms with Crippen LogP contribution in [0.2, 0.25) is 0 Å². The molecule has 0 fully saturated rings. The van der Waals surface area contributed by atoms with Gasteiger partial charge in [-0.3, -0.25) is 9.78 Å². The molecule has 5 nitrogen and oxygen atoms in total. The number of hydrogen-bond donors (Lipinski definition) is 1. The van der Waals surface area contributed by atoms with Gasteiger partial charge in [-0.1, -0.05) is 6.07 Å². The lowest BCUT2D eigenvalue weighted by molar-refractivity contribution is 0.0939. The number of benzene rings is 2. The molecule has 0 radical (unpaired) electrons. The average Bonchev–Trinajstić information content (AvgIpc) is 2.78. The summed E-state index contributed by atoms with van der Waals surface area (Å²) in [6, 6.07) is 16.9. The van der Waals surface area contributed by atoms with E-state index >= 15 is 0 Å². The Morgan fingerprint density at radius 1 is 1.07 bits per heavy atom. The second-order valence-electron chi connectivity index (χ2n) is 6.48. The van der Waals surface area contributed by atoms with Crippen LogP contribution in [0.4, 0.5) is 0 Å². The van der Waals surface area contributed by atoms with Crippen molar-refractivity contribution in [2.24, 2.45) is 0 Å². The van der Waals surface area contributed by atoms with Crippen LogP contribution in [-0.4, -0.2) is 24.3 Å². The minimum Gasteiger partial charge on any atom is -0.493 e. The lowest BCUT2D eigenvalue weighted by Crippen LogP contribution is -2.26. The fraction of sp³-hybridized carbons (Fsp3) is 0.217. The molecule has 3 aromatic rings. The maximum Gasteiger partial charge on any atom is 0.251 e. The van der Waals surface area contributed by atoms with E-state index in [4.69, 9.17) is 9.47 Å². The van der Waals surface area contributed by atoms with Crippen LogP contribution in [0, 0.1) is 0 Å². The van der Waals surface area contributed by atoms with Crippen molar-refractivity contribution in [2.75, 3.05) is 13.4 Å². The minimum atomic E-state index is -0.175. The molecule has 1 aromatic heterocycles. The summed E-state index contributed by atoms with van der Waals surface area (Å²) >= 11 is 1.65. The first-order valence-corrected chi connectivity index (χ1v) is 10.5. The number of hydrogen-bond acceptors (Lipinski definition) is 5. The van der Waals surface area contributed by atoms with Gasteiger partial charge >= 0.3 is 0 Å². The quantitative estimate of drug-likeness (QED) is 0.538. The number of aromatic nitrogens is 1. The van der Waals surface area contributed by atoms with E-state index in [2.05, 4.69) is 10.3 Å². The highest BCUT2D eigenvalue weighted by molar-refractivity contribution is 7.98. The van der Waals surface area contributed by atoms with Crippen LogP contribution < -0.4 is 14.8 Å². The number of carbonyl (C=O) groups is 1. The van der Waals surface area contributed by atoms with E-state index in [1.54, 1.807) is 31.3 Å². The zero-order valence-electron chi connectivity index (χ0n) is 16.7. The third-order valence-corrected chi connectivity index (χ3v) is 5.27. The number of methoxy groups -OCH3 is 1. The van der Waals surface area contributed by atoms with Gasteiger partial charge in [-0.05, 0) is 72.8 Å². The second-order valence-corrected chi connectivity index (χ2v) is 7.36. The van der Waals surface area contributed by atoms with Gasteiger partial charge in [0.05, 0.1) is 13.2 Å². The SMILES string of the molecule is COc1cc(C(C)NC(=O)c2ccc(SC)cc2)ccc1OCc1ccncc1. The van der Waals surface area contributed by atoms with Gasteiger partial charge in [-0.25, -0.2) is 0 Å². The van der Waals surface area contributed by atoms with E-state index in [1.165, 1.54) is 0 Å². The molecule has 29 heavy (non-hydrogen) atoms. The average molecular weight is 409 g/mol. The molecule has 1 unspecified atom stereocenters. The van der Waals surface area contributed by atoms with E-state index in [0.717, 1.165) is 16.0 Å². The van der Waals surface area contributed by atoms with E-state index in [-0.39, 0.29) is 11.9 Å². The summed E-state index contributed by atoms with van der Waals surface area (Å²) in [4.78, 5) is 17.7. The summed E-state index contributed by atoms with van der Waals surface area (Å²) in [6.45, 7) is 2.37. The molecule has 0 aliphatic heterocycles. The first kappa shape index (κ1) is 20.7. The van der Waals surface area contributed by atoms with Crippen LogP contribution in [0.5, 0.6) is 11.5 Å². The molecule has 0 saturated heterocycles.